The quantitative estimate of drug-likeness (QED) is 0.868. The molecule has 0 spiro atoms. The topological polar surface area (TPSA) is 29.1 Å². The standard InChI is InChI=1S/C16H21NO/c1-11-3-2-4-14(7-11)16(18)17-10-15-9-12-5-6-13(15)8-12/h2-4,7,12-13,15H,5-6,8-10H2,1H3,(H,17,18)/t12-,13-,15+/m0/s1. The van der Waals surface area contributed by atoms with Crippen LogP contribution >= 0.6 is 0 Å². The molecule has 2 bridgehead atoms. The molecule has 3 atom stereocenters. The van der Waals surface area contributed by atoms with Crippen molar-refractivity contribution in [3.63, 3.8) is 0 Å². The maximum absolute atomic E-state index is 12.0. The van der Waals surface area contributed by atoms with Crippen molar-refractivity contribution in [2.45, 2.75) is 32.6 Å². The molecule has 2 aliphatic rings. The monoisotopic (exact) mass is 243 g/mol. The second-order valence-electron chi connectivity index (χ2n) is 6.01. The molecule has 0 unspecified atom stereocenters. The van der Waals surface area contributed by atoms with E-state index in [1.165, 1.54) is 25.7 Å². The third-order valence-electron chi connectivity index (χ3n) is 4.69. The number of rotatable bonds is 3. The van der Waals surface area contributed by atoms with Crippen LogP contribution in [-0.4, -0.2) is 12.5 Å². The largest absolute Gasteiger partial charge is 0.352 e. The summed E-state index contributed by atoms with van der Waals surface area (Å²) in [4.78, 5) is 12.0. The molecule has 2 saturated carbocycles. The van der Waals surface area contributed by atoms with Crippen molar-refractivity contribution in [2.75, 3.05) is 6.54 Å². The Labute approximate surface area is 109 Å². The fourth-order valence-corrected chi connectivity index (χ4v) is 3.74. The molecule has 1 amide bonds. The van der Waals surface area contributed by atoms with Crippen LogP contribution in [0.5, 0.6) is 0 Å². The second kappa shape index (κ2) is 4.75. The van der Waals surface area contributed by atoms with Gasteiger partial charge in [-0.1, -0.05) is 24.1 Å². The highest BCUT2D eigenvalue weighted by atomic mass is 16.1. The predicted octanol–water partition coefficient (Wildman–Crippen LogP) is 3.16. The van der Waals surface area contributed by atoms with Crippen molar-refractivity contribution in [3.05, 3.63) is 35.4 Å². The molecule has 2 aliphatic carbocycles. The lowest BCUT2D eigenvalue weighted by molar-refractivity contribution is 0.0941. The van der Waals surface area contributed by atoms with Crippen molar-refractivity contribution < 1.29 is 4.79 Å². The zero-order valence-corrected chi connectivity index (χ0v) is 11.0. The van der Waals surface area contributed by atoms with E-state index in [0.29, 0.717) is 0 Å². The van der Waals surface area contributed by atoms with Gasteiger partial charge in [-0.05, 0) is 56.1 Å². The first-order chi connectivity index (χ1) is 8.72. The van der Waals surface area contributed by atoms with E-state index in [4.69, 9.17) is 0 Å². The molecular weight excluding hydrogens is 222 g/mol. The van der Waals surface area contributed by atoms with Crippen molar-refractivity contribution in [1.82, 2.24) is 5.32 Å². The molecule has 18 heavy (non-hydrogen) atoms. The van der Waals surface area contributed by atoms with Gasteiger partial charge < -0.3 is 5.32 Å². The van der Waals surface area contributed by atoms with Crippen LogP contribution in [0.4, 0.5) is 0 Å². The molecule has 1 aromatic rings. The number of carbonyl (C=O) groups excluding carboxylic acids is 1. The minimum atomic E-state index is 0.0847. The predicted molar refractivity (Wildman–Crippen MR) is 72.5 cm³/mol. The third kappa shape index (κ3) is 2.29. The van der Waals surface area contributed by atoms with Crippen molar-refractivity contribution in [1.29, 1.82) is 0 Å². The summed E-state index contributed by atoms with van der Waals surface area (Å²) >= 11 is 0. The third-order valence-corrected chi connectivity index (χ3v) is 4.69. The van der Waals surface area contributed by atoms with Crippen molar-refractivity contribution in [3.8, 4) is 0 Å². The molecule has 1 N–H and O–H groups in total. The van der Waals surface area contributed by atoms with Crippen LogP contribution < -0.4 is 5.32 Å². The maximum Gasteiger partial charge on any atom is 0.251 e. The highest BCUT2D eigenvalue weighted by Crippen LogP contribution is 2.47. The average molecular weight is 243 g/mol. The van der Waals surface area contributed by atoms with Gasteiger partial charge in [-0.15, -0.1) is 0 Å². The summed E-state index contributed by atoms with van der Waals surface area (Å²) < 4.78 is 0. The summed E-state index contributed by atoms with van der Waals surface area (Å²) in [5.74, 6) is 2.66. The van der Waals surface area contributed by atoms with Gasteiger partial charge in [0.05, 0.1) is 0 Å². The fraction of sp³-hybridized carbons (Fsp3) is 0.562. The van der Waals surface area contributed by atoms with Crippen molar-refractivity contribution >= 4 is 5.91 Å². The molecule has 0 aliphatic heterocycles. The van der Waals surface area contributed by atoms with Crippen molar-refractivity contribution in [2.24, 2.45) is 17.8 Å². The molecule has 3 rings (SSSR count). The smallest absolute Gasteiger partial charge is 0.251 e. The van der Waals surface area contributed by atoms with Crippen LogP contribution in [0.2, 0.25) is 0 Å². The molecule has 2 fully saturated rings. The molecule has 96 valence electrons. The molecule has 0 saturated heterocycles. The first-order valence-corrected chi connectivity index (χ1v) is 7.07. The van der Waals surface area contributed by atoms with E-state index in [0.717, 1.165) is 35.4 Å². The summed E-state index contributed by atoms with van der Waals surface area (Å²) in [5, 5.41) is 3.11. The Morgan fingerprint density at radius 3 is 2.89 bits per heavy atom. The van der Waals surface area contributed by atoms with Crippen LogP contribution in [0.15, 0.2) is 24.3 Å². The number of carbonyl (C=O) groups is 1. The fourth-order valence-electron chi connectivity index (χ4n) is 3.74. The number of aryl methyl sites for hydroxylation is 1. The zero-order chi connectivity index (χ0) is 12.5. The normalized spacial score (nSPS) is 29.5. The van der Waals surface area contributed by atoms with E-state index in [9.17, 15) is 4.79 Å². The van der Waals surface area contributed by atoms with E-state index < -0.39 is 0 Å². The number of hydrogen-bond acceptors (Lipinski definition) is 1. The summed E-state index contributed by atoms with van der Waals surface area (Å²) in [7, 11) is 0. The highest BCUT2D eigenvalue weighted by Gasteiger charge is 2.39. The lowest BCUT2D eigenvalue weighted by Gasteiger charge is -2.21. The number of benzene rings is 1. The van der Waals surface area contributed by atoms with Crippen LogP contribution in [0.25, 0.3) is 0 Å². The van der Waals surface area contributed by atoms with Gasteiger partial charge in [0.1, 0.15) is 0 Å². The lowest BCUT2D eigenvalue weighted by atomic mass is 9.89. The second-order valence-corrected chi connectivity index (χ2v) is 6.01. The summed E-state index contributed by atoms with van der Waals surface area (Å²) in [6.45, 7) is 2.89. The van der Waals surface area contributed by atoms with Gasteiger partial charge in [0.2, 0.25) is 0 Å². The molecule has 1 aromatic carbocycles. The van der Waals surface area contributed by atoms with Crippen LogP contribution in [-0.2, 0) is 0 Å². The zero-order valence-electron chi connectivity index (χ0n) is 11.0. The van der Waals surface area contributed by atoms with Crippen LogP contribution in [0.3, 0.4) is 0 Å². The SMILES string of the molecule is Cc1cccc(C(=O)NC[C@H]2C[C@H]3CC[C@H]2C3)c1. The van der Waals surface area contributed by atoms with Gasteiger partial charge in [0.25, 0.3) is 5.91 Å². The Balaban J connectivity index is 1.56. The maximum atomic E-state index is 12.0. The molecule has 0 aromatic heterocycles. The van der Waals surface area contributed by atoms with Gasteiger partial charge in [-0.25, -0.2) is 0 Å². The minimum absolute atomic E-state index is 0.0847. The van der Waals surface area contributed by atoms with Gasteiger partial charge in [-0.3, -0.25) is 4.79 Å². The first kappa shape index (κ1) is 11.8. The Kier molecular flexibility index (Phi) is 3.11. The van der Waals surface area contributed by atoms with Gasteiger partial charge in [-0.2, -0.15) is 0 Å². The molecule has 2 nitrogen and oxygen atoms in total. The first-order valence-electron chi connectivity index (χ1n) is 7.07. The lowest BCUT2D eigenvalue weighted by Crippen LogP contribution is -2.31. The summed E-state index contributed by atoms with van der Waals surface area (Å²) in [6, 6.07) is 7.81. The Bertz CT molecular complexity index is 454. The number of fused-ring (bicyclic) bond motifs is 2. The van der Waals surface area contributed by atoms with Gasteiger partial charge in [0.15, 0.2) is 0 Å². The number of amides is 1. The average Bonchev–Trinajstić information content (AvgIpc) is 2.98. The summed E-state index contributed by atoms with van der Waals surface area (Å²) in [5.41, 5.74) is 1.93. The van der Waals surface area contributed by atoms with E-state index in [-0.39, 0.29) is 5.91 Å². The Hall–Kier alpha value is -1.31. The van der Waals surface area contributed by atoms with E-state index in [1.54, 1.807) is 0 Å². The van der Waals surface area contributed by atoms with Crippen LogP contribution in [0.1, 0.15) is 41.6 Å². The molecule has 0 radical (unpaired) electrons. The van der Waals surface area contributed by atoms with Gasteiger partial charge in [0, 0.05) is 12.1 Å². The number of nitrogens with one attached hydrogen (secondary N) is 1. The molecular formula is C16H21NO. The Morgan fingerprint density at radius 1 is 1.33 bits per heavy atom. The van der Waals surface area contributed by atoms with E-state index in [1.807, 2.05) is 31.2 Å². The Morgan fingerprint density at radius 2 is 2.22 bits per heavy atom. The molecule has 0 heterocycles. The summed E-state index contributed by atoms with van der Waals surface area (Å²) in [6.07, 6.45) is 5.55. The van der Waals surface area contributed by atoms with E-state index >= 15 is 0 Å². The number of hydrogen-bond donors (Lipinski definition) is 1. The minimum Gasteiger partial charge on any atom is -0.352 e. The highest BCUT2D eigenvalue weighted by molar-refractivity contribution is 5.94. The molecule has 2 heteroatoms. The van der Waals surface area contributed by atoms with E-state index in [2.05, 4.69) is 5.32 Å². The van der Waals surface area contributed by atoms with Gasteiger partial charge >= 0.3 is 0 Å². The van der Waals surface area contributed by atoms with Crippen LogP contribution in [0, 0.1) is 24.7 Å².